The van der Waals surface area contributed by atoms with Crippen molar-refractivity contribution < 1.29 is 4.74 Å². The van der Waals surface area contributed by atoms with E-state index in [1.54, 1.807) is 18.2 Å². The van der Waals surface area contributed by atoms with E-state index >= 15 is 0 Å². The first-order valence-corrected chi connectivity index (χ1v) is 3.61. The van der Waals surface area contributed by atoms with E-state index < -0.39 is 0 Å². The Labute approximate surface area is 76.7 Å². The van der Waals surface area contributed by atoms with E-state index in [4.69, 9.17) is 11.0 Å². The summed E-state index contributed by atoms with van der Waals surface area (Å²) < 4.78 is 4.58. The van der Waals surface area contributed by atoms with Gasteiger partial charge in [-0.2, -0.15) is 5.26 Å². The van der Waals surface area contributed by atoms with Crippen molar-refractivity contribution in [3.63, 3.8) is 0 Å². The Morgan fingerprint density at radius 2 is 2.23 bits per heavy atom. The third-order valence-electron chi connectivity index (χ3n) is 1.47. The Hall–Kier alpha value is -2.13. The molecule has 13 heavy (non-hydrogen) atoms. The Morgan fingerprint density at radius 1 is 1.46 bits per heavy atom. The van der Waals surface area contributed by atoms with Crippen molar-refractivity contribution in [2.45, 2.75) is 0 Å². The van der Waals surface area contributed by atoms with Crippen molar-refractivity contribution in [2.75, 3.05) is 12.8 Å². The average Bonchev–Trinajstić information content (AvgIpc) is 2.16. The molecule has 0 aromatic heterocycles. The molecule has 0 saturated carbocycles. The number of ether oxygens (including phenoxy) is 1. The molecular formula is C10H8N2O. The molecule has 0 atom stereocenters. The summed E-state index contributed by atoms with van der Waals surface area (Å²) in [5.74, 6) is 2.71. The fourth-order valence-corrected chi connectivity index (χ4v) is 0.852. The molecular weight excluding hydrogens is 164 g/mol. The van der Waals surface area contributed by atoms with Gasteiger partial charge in [-0.1, -0.05) is 0 Å². The van der Waals surface area contributed by atoms with Gasteiger partial charge in [0.25, 0.3) is 0 Å². The molecule has 0 heterocycles. The van der Waals surface area contributed by atoms with E-state index in [1.807, 2.05) is 6.07 Å². The fraction of sp³-hybridized carbons (Fsp3) is 0.100. The van der Waals surface area contributed by atoms with Crippen molar-refractivity contribution in [1.82, 2.24) is 0 Å². The maximum atomic E-state index is 8.56. The first kappa shape index (κ1) is 8.96. The van der Waals surface area contributed by atoms with E-state index in [2.05, 4.69) is 16.8 Å². The monoisotopic (exact) mass is 172 g/mol. The van der Waals surface area contributed by atoms with Gasteiger partial charge in [0.2, 0.25) is 0 Å². The highest BCUT2D eigenvalue weighted by molar-refractivity contribution is 5.58. The number of rotatable bonds is 0. The predicted molar refractivity (Wildman–Crippen MR) is 49.5 cm³/mol. The fourth-order valence-electron chi connectivity index (χ4n) is 0.852. The van der Waals surface area contributed by atoms with Crippen LogP contribution in [0, 0.1) is 23.4 Å². The van der Waals surface area contributed by atoms with Gasteiger partial charge in [0.05, 0.1) is 24.3 Å². The molecule has 0 aliphatic heterocycles. The lowest BCUT2D eigenvalue weighted by atomic mass is 10.1. The Bertz CT molecular complexity index is 407. The van der Waals surface area contributed by atoms with Gasteiger partial charge in [-0.25, -0.2) is 0 Å². The van der Waals surface area contributed by atoms with Crippen LogP contribution in [-0.2, 0) is 4.74 Å². The molecule has 1 rings (SSSR count). The summed E-state index contributed by atoms with van der Waals surface area (Å²) in [5, 5.41) is 8.56. The minimum atomic E-state index is 0.489. The van der Waals surface area contributed by atoms with Crippen molar-refractivity contribution >= 4 is 5.69 Å². The molecule has 0 radical (unpaired) electrons. The summed E-state index contributed by atoms with van der Waals surface area (Å²) in [6.07, 6.45) is 2.43. The van der Waals surface area contributed by atoms with Crippen LogP contribution in [0.3, 0.4) is 0 Å². The zero-order valence-electron chi connectivity index (χ0n) is 7.16. The Morgan fingerprint density at radius 3 is 2.77 bits per heavy atom. The molecule has 0 amide bonds. The van der Waals surface area contributed by atoms with Crippen LogP contribution in [-0.4, -0.2) is 7.11 Å². The van der Waals surface area contributed by atoms with Crippen LogP contribution < -0.4 is 5.73 Å². The van der Waals surface area contributed by atoms with Crippen molar-refractivity contribution in [2.24, 2.45) is 0 Å². The van der Waals surface area contributed by atoms with Crippen LogP contribution in [0.15, 0.2) is 18.2 Å². The molecule has 2 N–H and O–H groups in total. The van der Waals surface area contributed by atoms with Gasteiger partial charge in [0.1, 0.15) is 6.11 Å². The topological polar surface area (TPSA) is 59.0 Å². The molecule has 0 unspecified atom stereocenters. The van der Waals surface area contributed by atoms with Crippen LogP contribution in [0.5, 0.6) is 0 Å². The van der Waals surface area contributed by atoms with Crippen molar-refractivity contribution in [3.8, 4) is 18.1 Å². The SMILES string of the molecule is COC#Cc1ccc(C#N)cc1N. The third-order valence-corrected chi connectivity index (χ3v) is 1.47. The smallest absolute Gasteiger partial charge is 0.115 e. The van der Waals surface area contributed by atoms with E-state index in [-0.39, 0.29) is 0 Å². The van der Waals surface area contributed by atoms with Crippen LogP contribution in [0.2, 0.25) is 0 Å². The molecule has 3 heteroatoms. The number of nitrogens with two attached hydrogens (primary N) is 1. The molecule has 64 valence electrons. The van der Waals surface area contributed by atoms with Gasteiger partial charge in [-0.05, 0) is 24.1 Å². The zero-order valence-corrected chi connectivity index (χ0v) is 7.16. The average molecular weight is 172 g/mol. The second kappa shape index (κ2) is 4.04. The summed E-state index contributed by atoms with van der Waals surface area (Å²) >= 11 is 0. The maximum Gasteiger partial charge on any atom is 0.115 e. The molecule has 1 aromatic carbocycles. The van der Waals surface area contributed by atoms with E-state index in [0.717, 1.165) is 0 Å². The van der Waals surface area contributed by atoms with Crippen molar-refractivity contribution in [3.05, 3.63) is 29.3 Å². The Balaban J connectivity index is 3.07. The normalized spacial score (nSPS) is 8.00. The van der Waals surface area contributed by atoms with E-state index in [0.29, 0.717) is 16.8 Å². The summed E-state index contributed by atoms with van der Waals surface area (Å²) in [6, 6.07) is 6.93. The summed E-state index contributed by atoms with van der Waals surface area (Å²) in [4.78, 5) is 0. The third kappa shape index (κ3) is 2.15. The Kier molecular flexibility index (Phi) is 2.78. The highest BCUT2D eigenvalue weighted by Gasteiger charge is 1.96. The van der Waals surface area contributed by atoms with Crippen LogP contribution >= 0.6 is 0 Å². The molecule has 0 fully saturated rings. The number of hydrogen-bond acceptors (Lipinski definition) is 3. The van der Waals surface area contributed by atoms with Crippen molar-refractivity contribution in [1.29, 1.82) is 5.26 Å². The standard InChI is InChI=1S/C10H8N2O/c1-13-5-4-9-3-2-8(7-11)6-10(9)12/h2-3,6H,12H2,1H3. The van der Waals surface area contributed by atoms with Gasteiger partial charge in [0, 0.05) is 5.69 Å². The highest BCUT2D eigenvalue weighted by atomic mass is 16.5. The maximum absolute atomic E-state index is 8.56. The first-order valence-electron chi connectivity index (χ1n) is 3.61. The molecule has 0 aliphatic carbocycles. The zero-order chi connectivity index (χ0) is 9.68. The number of benzene rings is 1. The molecule has 0 saturated heterocycles. The second-order valence-corrected chi connectivity index (χ2v) is 2.35. The molecule has 0 aliphatic rings. The van der Waals surface area contributed by atoms with Gasteiger partial charge >= 0.3 is 0 Å². The first-order chi connectivity index (χ1) is 6.27. The van der Waals surface area contributed by atoms with Gasteiger partial charge in [-0.3, -0.25) is 0 Å². The molecule has 0 bridgehead atoms. The lowest BCUT2D eigenvalue weighted by Gasteiger charge is -1.96. The minimum absolute atomic E-state index is 0.489. The number of methoxy groups -OCH3 is 1. The van der Waals surface area contributed by atoms with Crippen LogP contribution in [0.25, 0.3) is 0 Å². The second-order valence-electron chi connectivity index (χ2n) is 2.35. The molecule has 0 spiro atoms. The summed E-state index contributed by atoms with van der Waals surface area (Å²) in [5.41, 5.74) is 7.31. The van der Waals surface area contributed by atoms with Crippen LogP contribution in [0.1, 0.15) is 11.1 Å². The number of nitriles is 1. The summed E-state index contributed by atoms with van der Waals surface area (Å²) in [7, 11) is 1.48. The lowest BCUT2D eigenvalue weighted by Crippen LogP contribution is -1.91. The van der Waals surface area contributed by atoms with Crippen LogP contribution in [0.4, 0.5) is 5.69 Å². The predicted octanol–water partition coefficient (Wildman–Crippen LogP) is 1.10. The number of nitrogen functional groups attached to an aromatic ring is 1. The molecule has 1 aromatic rings. The number of anilines is 1. The number of nitrogens with zero attached hydrogens (tertiary/aromatic N) is 1. The quantitative estimate of drug-likeness (QED) is 0.471. The van der Waals surface area contributed by atoms with E-state index in [1.165, 1.54) is 7.11 Å². The summed E-state index contributed by atoms with van der Waals surface area (Å²) in [6.45, 7) is 0. The largest absolute Gasteiger partial charge is 0.450 e. The molecule has 3 nitrogen and oxygen atoms in total. The van der Waals surface area contributed by atoms with Gasteiger partial charge < -0.3 is 10.5 Å². The highest BCUT2D eigenvalue weighted by Crippen LogP contribution is 2.12. The van der Waals surface area contributed by atoms with E-state index in [9.17, 15) is 0 Å². The van der Waals surface area contributed by atoms with Gasteiger partial charge in [-0.15, -0.1) is 0 Å². The minimum Gasteiger partial charge on any atom is -0.450 e. The van der Waals surface area contributed by atoms with Gasteiger partial charge in [0.15, 0.2) is 0 Å². The lowest BCUT2D eigenvalue weighted by molar-refractivity contribution is 0.372. The number of hydrogen-bond donors (Lipinski definition) is 1.